The van der Waals surface area contributed by atoms with Crippen LogP contribution in [0.1, 0.15) is 12.6 Å². The van der Waals surface area contributed by atoms with Gasteiger partial charge in [-0.2, -0.15) is 0 Å². The van der Waals surface area contributed by atoms with Crippen LogP contribution in [0, 0.1) is 6.92 Å². The lowest BCUT2D eigenvalue weighted by Gasteiger charge is -2.07. The number of methoxy groups -OCH3 is 1. The Bertz CT molecular complexity index is 636. The van der Waals surface area contributed by atoms with Crippen molar-refractivity contribution >= 4 is 16.5 Å². The molecule has 0 aliphatic carbocycles. The first-order valence-corrected chi connectivity index (χ1v) is 7.26. The van der Waals surface area contributed by atoms with E-state index in [0.29, 0.717) is 35.4 Å². The van der Waals surface area contributed by atoms with E-state index >= 15 is 0 Å². The van der Waals surface area contributed by atoms with Crippen LogP contribution in [0.25, 0.3) is 10.6 Å². The van der Waals surface area contributed by atoms with Gasteiger partial charge in [0.1, 0.15) is 0 Å². The van der Waals surface area contributed by atoms with Crippen molar-refractivity contribution in [2.24, 2.45) is 0 Å². The van der Waals surface area contributed by atoms with Gasteiger partial charge in [0.15, 0.2) is 5.01 Å². The van der Waals surface area contributed by atoms with Gasteiger partial charge in [-0.15, -0.1) is 10.2 Å². The third-order valence-corrected chi connectivity index (χ3v) is 3.86. The molecule has 0 fully saturated rings. The van der Waals surface area contributed by atoms with E-state index < -0.39 is 0 Å². The van der Waals surface area contributed by atoms with E-state index in [1.807, 2.05) is 26.0 Å². The van der Waals surface area contributed by atoms with E-state index in [9.17, 15) is 4.79 Å². The van der Waals surface area contributed by atoms with Gasteiger partial charge in [0.2, 0.25) is 5.13 Å². The van der Waals surface area contributed by atoms with Gasteiger partial charge >= 0.3 is 0 Å². The molecule has 6 nitrogen and oxygen atoms in total. The molecule has 2 aromatic rings. The second-order valence-electron chi connectivity index (χ2n) is 4.27. The second-order valence-corrected chi connectivity index (χ2v) is 5.25. The lowest BCUT2D eigenvalue weighted by molar-refractivity contribution is 0.211. The highest BCUT2D eigenvalue weighted by Crippen LogP contribution is 2.23. The number of pyridine rings is 1. The Balaban J connectivity index is 2.26. The summed E-state index contributed by atoms with van der Waals surface area (Å²) in [6.07, 6.45) is 0. The van der Waals surface area contributed by atoms with Crippen LogP contribution in [0.4, 0.5) is 5.13 Å². The number of hydrogen-bond donors (Lipinski definition) is 1. The van der Waals surface area contributed by atoms with Gasteiger partial charge in [0.05, 0.1) is 12.2 Å². The predicted molar refractivity (Wildman–Crippen MR) is 80.4 cm³/mol. The van der Waals surface area contributed by atoms with E-state index in [2.05, 4.69) is 15.5 Å². The van der Waals surface area contributed by atoms with E-state index in [1.165, 1.54) is 11.3 Å². The first-order valence-electron chi connectivity index (χ1n) is 6.44. The fraction of sp³-hybridized carbons (Fsp3) is 0.462. The van der Waals surface area contributed by atoms with Crippen LogP contribution < -0.4 is 10.9 Å². The average molecular weight is 294 g/mol. The molecule has 0 saturated carbocycles. The number of rotatable bonds is 6. The van der Waals surface area contributed by atoms with Crippen molar-refractivity contribution in [3.8, 4) is 10.6 Å². The molecule has 0 saturated heterocycles. The van der Waals surface area contributed by atoms with Crippen LogP contribution in [0.3, 0.4) is 0 Å². The van der Waals surface area contributed by atoms with Crippen LogP contribution >= 0.6 is 11.3 Å². The number of anilines is 1. The van der Waals surface area contributed by atoms with Gasteiger partial charge in [0.25, 0.3) is 5.56 Å². The van der Waals surface area contributed by atoms with Crippen molar-refractivity contribution < 1.29 is 4.74 Å². The highest BCUT2D eigenvalue weighted by Gasteiger charge is 2.12. The Hall–Kier alpha value is -1.73. The van der Waals surface area contributed by atoms with Crippen molar-refractivity contribution in [1.29, 1.82) is 0 Å². The summed E-state index contributed by atoms with van der Waals surface area (Å²) in [5.74, 6) is 0. The molecule has 2 rings (SSSR count). The smallest absolute Gasteiger partial charge is 0.261 e. The zero-order valence-electron chi connectivity index (χ0n) is 11.8. The third kappa shape index (κ3) is 3.05. The summed E-state index contributed by atoms with van der Waals surface area (Å²) in [7, 11) is 1.65. The van der Waals surface area contributed by atoms with Crippen LogP contribution in [-0.4, -0.2) is 35.0 Å². The summed E-state index contributed by atoms with van der Waals surface area (Å²) >= 11 is 1.37. The molecule has 0 amide bonds. The molecule has 0 unspecified atom stereocenters. The van der Waals surface area contributed by atoms with Crippen LogP contribution in [-0.2, 0) is 11.3 Å². The van der Waals surface area contributed by atoms with Gasteiger partial charge in [-0.05, 0) is 26.0 Å². The monoisotopic (exact) mass is 294 g/mol. The maximum atomic E-state index is 12.4. The van der Waals surface area contributed by atoms with Crippen molar-refractivity contribution in [3.63, 3.8) is 0 Å². The SMILES string of the molecule is CCn1c(C)ccc(-c2nnc(NCCOC)s2)c1=O. The number of aromatic nitrogens is 3. The zero-order chi connectivity index (χ0) is 14.5. The Morgan fingerprint density at radius 1 is 1.40 bits per heavy atom. The summed E-state index contributed by atoms with van der Waals surface area (Å²) in [5.41, 5.74) is 1.52. The Labute approximate surface area is 121 Å². The number of hydrogen-bond acceptors (Lipinski definition) is 6. The van der Waals surface area contributed by atoms with Gasteiger partial charge in [-0.1, -0.05) is 11.3 Å². The van der Waals surface area contributed by atoms with Crippen molar-refractivity contribution in [2.45, 2.75) is 20.4 Å². The molecule has 2 heterocycles. The van der Waals surface area contributed by atoms with E-state index in [4.69, 9.17) is 4.74 Å². The third-order valence-electron chi connectivity index (χ3n) is 2.95. The molecule has 1 N–H and O–H groups in total. The molecule has 2 aromatic heterocycles. The molecular weight excluding hydrogens is 276 g/mol. The summed E-state index contributed by atoms with van der Waals surface area (Å²) in [4.78, 5) is 12.4. The topological polar surface area (TPSA) is 69.0 Å². The molecule has 0 aromatic carbocycles. The second kappa shape index (κ2) is 6.62. The van der Waals surface area contributed by atoms with E-state index in [1.54, 1.807) is 11.7 Å². The maximum Gasteiger partial charge on any atom is 0.261 e. The van der Waals surface area contributed by atoms with Crippen molar-refractivity contribution in [2.75, 3.05) is 25.6 Å². The first kappa shape index (κ1) is 14.7. The molecule has 108 valence electrons. The molecule has 0 spiro atoms. The molecule has 0 radical (unpaired) electrons. The van der Waals surface area contributed by atoms with E-state index in [0.717, 1.165) is 5.69 Å². The van der Waals surface area contributed by atoms with Crippen LogP contribution in [0.15, 0.2) is 16.9 Å². The minimum absolute atomic E-state index is 0.0212. The minimum Gasteiger partial charge on any atom is -0.383 e. The largest absolute Gasteiger partial charge is 0.383 e. The average Bonchev–Trinajstić information content (AvgIpc) is 2.88. The lowest BCUT2D eigenvalue weighted by Crippen LogP contribution is -2.22. The highest BCUT2D eigenvalue weighted by atomic mass is 32.1. The van der Waals surface area contributed by atoms with Crippen molar-refractivity contribution in [3.05, 3.63) is 28.2 Å². The Kier molecular flexibility index (Phi) is 4.86. The fourth-order valence-electron chi connectivity index (χ4n) is 1.89. The minimum atomic E-state index is -0.0212. The highest BCUT2D eigenvalue weighted by molar-refractivity contribution is 7.18. The fourth-order valence-corrected chi connectivity index (χ4v) is 2.68. The molecule has 0 atom stereocenters. The van der Waals surface area contributed by atoms with Gasteiger partial charge in [-0.3, -0.25) is 4.79 Å². The Morgan fingerprint density at radius 2 is 2.20 bits per heavy atom. The zero-order valence-corrected chi connectivity index (χ0v) is 12.7. The molecule has 0 aliphatic heterocycles. The predicted octanol–water partition coefficient (Wildman–Crippen LogP) is 1.75. The number of nitrogens with zero attached hydrogens (tertiary/aromatic N) is 3. The Morgan fingerprint density at radius 3 is 2.90 bits per heavy atom. The van der Waals surface area contributed by atoms with E-state index in [-0.39, 0.29) is 5.56 Å². The summed E-state index contributed by atoms with van der Waals surface area (Å²) < 4.78 is 6.69. The van der Waals surface area contributed by atoms with Gasteiger partial charge < -0.3 is 14.6 Å². The standard InChI is InChI=1S/C13H18N4O2S/c1-4-17-9(2)5-6-10(12(17)18)11-15-16-13(20-11)14-7-8-19-3/h5-6H,4,7-8H2,1-3H3,(H,14,16). The number of nitrogens with one attached hydrogen (secondary N) is 1. The van der Waals surface area contributed by atoms with Gasteiger partial charge in [0, 0.05) is 25.9 Å². The van der Waals surface area contributed by atoms with Gasteiger partial charge in [-0.25, -0.2) is 0 Å². The number of aryl methyl sites for hydroxylation is 1. The quantitative estimate of drug-likeness (QED) is 0.822. The molecule has 0 aliphatic rings. The molecule has 20 heavy (non-hydrogen) atoms. The number of ether oxygens (including phenoxy) is 1. The van der Waals surface area contributed by atoms with Crippen LogP contribution in [0.2, 0.25) is 0 Å². The summed E-state index contributed by atoms with van der Waals surface area (Å²) in [6, 6.07) is 3.74. The summed E-state index contributed by atoms with van der Waals surface area (Å²) in [6.45, 7) is 5.79. The molecule has 0 bridgehead atoms. The normalized spacial score (nSPS) is 10.8. The molecular formula is C13H18N4O2S. The van der Waals surface area contributed by atoms with Crippen LogP contribution in [0.5, 0.6) is 0 Å². The van der Waals surface area contributed by atoms with Crippen molar-refractivity contribution in [1.82, 2.24) is 14.8 Å². The lowest BCUT2D eigenvalue weighted by atomic mass is 10.2. The maximum absolute atomic E-state index is 12.4. The molecule has 7 heteroatoms. The summed E-state index contributed by atoms with van der Waals surface area (Å²) in [5, 5.41) is 12.6. The first-order chi connectivity index (χ1) is 9.67.